The normalized spacial score (nSPS) is 18.0. The minimum atomic E-state index is -0.0887. The molecule has 124 valence electrons. The maximum atomic E-state index is 9.48. The van der Waals surface area contributed by atoms with Crippen LogP contribution in [0.25, 0.3) is 0 Å². The SMILES string of the molecule is CCNC(=NCCCN1CCC(O)CC1)NCCOCC. The Labute approximate surface area is 129 Å². The number of hydrogen-bond acceptors (Lipinski definition) is 4. The molecule has 0 aromatic rings. The van der Waals surface area contributed by atoms with Gasteiger partial charge in [0.05, 0.1) is 12.7 Å². The van der Waals surface area contributed by atoms with Crippen molar-refractivity contribution >= 4 is 5.96 Å². The molecule has 21 heavy (non-hydrogen) atoms. The molecule has 0 aromatic carbocycles. The van der Waals surface area contributed by atoms with E-state index in [0.717, 1.165) is 71.1 Å². The Kier molecular flexibility index (Phi) is 10.2. The van der Waals surface area contributed by atoms with E-state index in [0.29, 0.717) is 6.61 Å². The fourth-order valence-corrected chi connectivity index (χ4v) is 2.36. The Morgan fingerprint density at radius 3 is 2.71 bits per heavy atom. The first-order valence-corrected chi connectivity index (χ1v) is 8.26. The lowest BCUT2D eigenvalue weighted by atomic mass is 10.1. The molecule has 0 atom stereocenters. The monoisotopic (exact) mass is 300 g/mol. The molecule has 0 bridgehead atoms. The van der Waals surface area contributed by atoms with Gasteiger partial charge in [0, 0.05) is 39.3 Å². The maximum absolute atomic E-state index is 9.48. The van der Waals surface area contributed by atoms with Crippen molar-refractivity contribution in [3.8, 4) is 0 Å². The van der Waals surface area contributed by atoms with Gasteiger partial charge in [-0.2, -0.15) is 0 Å². The molecular weight excluding hydrogens is 268 g/mol. The zero-order chi connectivity index (χ0) is 15.3. The summed E-state index contributed by atoms with van der Waals surface area (Å²) in [5, 5.41) is 16.0. The molecule has 1 aliphatic heterocycles. The highest BCUT2D eigenvalue weighted by atomic mass is 16.5. The van der Waals surface area contributed by atoms with Gasteiger partial charge in [-0.25, -0.2) is 0 Å². The predicted molar refractivity (Wildman–Crippen MR) is 86.8 cm³/mol. The van der Waals surface area contributed by atoms with Crippen LogP contribution in [0, 0.1) is 0 Å². The van der Waals surface area contributed by atoms with Crippen molar-refractivity contribution < 1.29 is 9.84 Å². The minimum Gasteiger partial charge on any atom is -0.393 e. The fourth-order valence-electron chi connectivity index (χ4n) is 2.36. The highest BCUT2D eigenvalue weighted by Gasteiger charge is 2.15. The van der Waals surface area contributed by atoms with Crippen molar-refractivity contribution in [1.29, 1.82) is 0 Å². The van der Waals surface area contributed by atoms with E-state index in [9.17, 15) is 5.11 Å². The summed E-state index contributed by atoms with van der Waals surface area (Å²) in [5.74, 6) is 0.867. The average molecular weight is 300 g/mol. The number of guanidine groups is 1. The molecule has 1 aliphatic rings. The molecular formula is C15H32N4O2. The van der Waals surface area contributed by atoms with E-state index in [-0.39, 0.29) is 6.10 Å². The summed E-state index contributed by atoms with van der Waals surface area (Å²) < 4.78 is 5.30. The Bertz CT molecular complexity index is 279. The minimum absolute atomic E-state index is 0.0887. The first kappa shape index (κ1) is 18.2. The van der Waals surface area contributed by atoms with Gasteiger partial charge in [-0.1, -0.05) is 0 Å². The Hall–Kier alpha value is -0.850. The first-order valence-electron chi connectivity index (χ1n) is 8.26. The van der Waals surface area contributed by atoms with Crippen LogP contribution in [-0.2, 0) is 4.74 Å². The lowest BCUT2D eigenvalue weighted by Gasteiger charge is -2.29. The van der Waals surface area contributed by atoms with Crippen LogP contribution in [0.4, 0.5) is 0 Å². The van der Waals surface area contributed by atoms with Crippen LogP contribution in [-0.4, -0.2) is 74.6 Å². The second kappa shape index (κ2) is 11.8. The summed E-state index contributed by atoms with van der Waals surface area (Å²) in [5.41, 5.74) is 0. The van der Waals surface area contributed by atoms with Crippen LogP contribution >= 0.6 is 0 Å². The topological polar surface area (TPSA) is 69.1 Å². The third-order valence-corrected chi connectivity index (χ3v) is 3.55. The van der Waals surface area contributed by atoms with Gasteiger partial charge in [0.2, 0.25) is 0 Å². The molecule has 0 aliphatic carbocycles. The third kappa shape index (κ3) is 8.90. The van der Waals surface area contributed by atoms with Gasteiger partial charge >= 0.3 is 0 Å². The largest absolute Gasteiger partial charge is 0.393 e. The van der Waals surface area contributed by atoms with Crippen LogP contribution in [0.5, 0.6) is 0 Å². The van der Waals surface area contributed by atoms with Gasteiger partial charge in [-0.3, -0.25) is 4.99 Å². The highest BCUT2D eigenvalue weighted by molar-refractivity contribution is 5.79. The number of ether oxygens (including phenoxy) is 1. The highest BCUT2D eigenvalue weighted by Crippen LogP contribution is 2.09. The van der Waals surface area contributed by atoms with Gasteiger partial charge < -0.3 is 25.4 Å². The molecule has 6 nitrogen and oxygen atoms in total. The van der Waals surface area contributed by atoms with E-state index >= 15 is 0 Å². The summed E-state index contributed by atoms with van der Waals surface area (Å²) >= 11 is 0. The number of nitrogens with zero attached hydrogens (tertiary/aromatic N) is 2. The van der Waals surface area contributed by atoms with E-state index in [1.165, 1.54) is 0 Å². The number of rotatable bonds is 9. The second-order valence-electron chi connectivity index (χ2n) is 5.31. The van der Waals surface area contributed by atoms with Crippen molar-refractivity contribution in [1.82, 2.24) is 15.5 Å². The molecule has 0 aromatic heterocycles. The molecule has 1 saturated heterocycles. The number of nitrogens with one attached hydrogen (secondary N) is 2. The van der Waals surface area contributed by atoms with Crippen LogP contribution < -0.4 is 10.6 Å². The standard InChI is InChI=1S/C15H32N4O2/c1-3-16-15(18-9-13-21-4-2)17-8-5-10-19-11-6-14(20)7-12-19/h14,20H,3-13H2,1-2H3,(H2,16,17,18). The Morgan fingerprint density at radius 1 is 1.29 bits per heavy atom. The summed E-state index contributed by atoms with van der Waals surface area (Å²) in [4.78, 5) is 6.99. The Balaban J connectivity index is 2.14. The molecule has 0 saturated carbocycles. The number of likely N-dealkylation sites (tertiary alicyclic amines) is 1. The molecule has 1 heterocycles. The van der Waals surface area contributed by atoms with E-state index in [4.69, 9.17) is 4.74 Å². The summed E-state index contributed by atoms with van der Waals surface area (Å²) in [6.07, 6.45) is 2.78. The van der Waals surface area contributed by atoms with E-state index in [1.807, 2.05) is 6.92 Å². The van der Waals surface area contributed by atoms with Crippen molar-refractivity contribution in [2.45, 2.75) is 39.2 Å². The van der Waals surface area contributed by atoms with Crippen LogP contribution in [0.1, 0.15) is 33.1 Å². The fraction of sp³-hybridized carbons (Fsp3) is 0.933. The molecule has 3 N–H and O–H groups in total. The molecule has 0 unspecified atom stereocenters. The number of piperidine rings is 1. The predicted octanol–water partition coefficient (Wildman–Crippen LogP) is 0.425. The molecule has 1 rings (SSSR count). The zero-order valence-electron chi connectivity index (χ0n) is 13.6. The number of aliphatic hydroxyl groups excluding tert-OH is 1. The summed E-state index contributed by atoms with van der Waals surface area (Å²) in [6, 6.07) is 0. The molecule has 0 spiro atoms. The second-order valence-corrected chi connectivity index (χ2v) is 5.31. The smallest absolute Gasteiger partial charge is 0.191 e. The number of aliphatic hydroxyl groups is 1. The van der Waals surface area contributed by atoms with Crippen LogP contribution in [0.2, 0.25) is 0 Å². The van der Waals surface area contributed by atoms with Gasteiger partial charge in [-0.05, 0) is 39.7 Å². The van der Waals surface area contributed by atoms with Crippen LogP contribution in [0.15, 0.2) is 4.99 Å². The third-order valence-electron chi connectivity index (χ3n) is 3.55. The van der Waals surface area contributed by atoms with E-state index < -0.39 is 0 Å². The molecule has 6 heteroatoms. The molecule has 0 radical (unpaired) electrons. The quantitative estimate of drug-likeness (QED) is 0.327. The summed E-state index contributed by atoms with van der Waals surface area (Å²) in [7, 11) is 0. The van der Waals surface area contributed by atoms with E-state index in [2.05, 4.69) is 27.4 Å². The maximum Gasteiger partial charge on any atom is 0.191 e. The zero-order valence-corrected chi connectivity index (χ0v) is 13.6. The molecule has 1 fully saturated rings. The lowest BCUT2D eigenvalue weighted by molar-refractivity contribution is 0.0824. The van der Waals surface area contributed by atoms with Crippen molar-refractivity contribution in [2.24, 2.45) is 4.99 Å². The van der Waals surface area contributed by atoms with Crippen molar-refractivity contribution in [3.63, 3.8) is 0 Å². The van der Waals surface area contributed by atoms with Gasteiger partial charge in [0.15, 0.2) is 5.96 Å². The van der Waals surface area contributed by atoms with Crippen LogP contribution in [0.3, 0.4) is 0 Å². The van der Waals surface area contributed by atoms with Crippen molar-refractivity contribution in [3.05, 3.63) is 0 Å². The van der Waals surface area contributed by atoms with Gasteiger partial charge in [0.1, 0.15) is 0 Å². The van der Waals surface area contributed by atoms with Gasteiger partial charge in [-0.15, -0.1) is 0 Å². The van der Waals surface area contributed by atoms with E-state index in [1.54, 1.807) is 0 Å². The summed E-state index contributed by atoms with van der Waals surface area (Å²) in [6.45, 7) is 11.1. The molecule has 0 amide bonds. The lowest BCUT2D eigenvalue weighted by Crippen LogP contribution is -2.39. The van der Waals surface area contributed by atoms with Crippen molar-refractivity contribution in [2.75, 3.05) is 52.5 Å². The van der Waals surface area contributed by atoms with Gasteiger partial charge in [0.25, 0.3) is 0 Å². The first-order chi connectivity index (χ1) is 10.3. The number of hydrogen-bond donors (Lipinski definition) is 3. The number of aliphatic imine (C=N–C) groups is 1. The average Bonchev–Trinajstić information content (AvgIpc) is 2.49. The Morgan fingerprint density at radius 2 is 2.05 bits per heavy atom.